The van der Waals surface area contributed by atoms with Crippen LogP contribution in [0, 0.1) is 0 Å². The quantitative estimate of drug-likeness (QED) is 0.698. The van der Waals surface area contributed by atoms with Gasteiger partial charge in [-0.15, -0.1) is 0 Å². The number of imide groups is 1. The second-order valence-electron chi connectivity index (χ2n) is 6.85. The van der Waals surface area contributed by atoms with Gasteiger partial charge in [0.15, 0.2) is 0 Å². The van der Waals surface area contributed by atoms with Crippen LogP contribution in [0.2, 0.25) is 0 Å². The fourth-order valence-corrected chi connectivity index (χ4v) is 3.88. The first-order valence-corrected chi connectivity index (χ1v) is 10.7. The van der Waals surface area contributed by atoms with Crippen LogP contribution in [-0.4, -0.2) is 60.4 Å². The van der Waals surface area contributed by atoms with Crippen LogP contribution in [0.15, 0.2) is 24.3 Å². The Morgan fingerprint density at radius 2 is 1.89 bits per heavy atom. The third-order valence-electron chi connectivity index (χ3n) is 4.89. The van der Waals surface area contributed by atoms with E-state index in [2.05, 4.69) is 15.5 Å². The summed E-state index contributed by atoms with van der Waals surface area (Å²) in [6.45, 7) is 1.86. The van der Waals surface area contributed by atoms with Gasteiger partial charge in [-0.3, -0.25) is 14.5 Å². The Kier molecular flexibility index (Phi) is 6.60. The number of carbonyl (C=O) groups excluding carboxylic acids is 3. The number of nitrogens with one attached hydrogen (secondary N) is 2. The van der Waals surface area contributed by atoms with Gasteiger partial charge in [0.2, 0.25) is 5.91 Å². The third-order valence-corrected chi connectivity index (χ3v) is 5.54. The van der Waals surface area contributed by atoms with Crippen molar-refractivity contribution in [2.24, 2.45) is 0 Å². The van der Waals surface area contributed by atoms with Gasteiger partial charge in [-0.25, -0.2) is 4.79 Å². The van der Waals surface area contributed by atoms with Crippen LogP contribution in [0.5, 0.6) is 0 Å². The van der Waals surface area contributed by atoms with E-state index in [0.717, 1.165) is 29.4 Å². The summed E-state index contributed by atoms with van der Waals surface area (Å²) in [5, 5.41) is 5.40. The Morgan fingerprint density at radius 1 is 1.19 bits per heavy atom. The summed E-state index contributed by atoms with van der Waals surface area (Å²) < 4.78 is 0. The zero-order chi connectivity index (χ0) is 19.2. The first kappa shape index (κ1) is 19.5. The molecule has 2 N–H and O–H groups in total. The number of thioether (sulfide) groups is 1. The van der Waals surface area contributed by atoms with Crippen LogP contribution < -0.4 is 15.5 Å². The number of hydrogen-bond donors (Lipinski definition) is 2. The second kappa shape index (κ2) is 9.12. The number of benzene rings is 1. The molecule has 2 aliphatic heterocycles. The lowest BCUT2D eigenvalue weighted by molar-refractivity contribution is -0.130. The van der Waals surface area contributed by atoms with Gasteiger partial charge in [-0.2, -0.15) is 11.8 Å². The molecule has 0 bridgehead atoms. The van der Waals surface area contributed by atoms with Crippen LogP contribution in [0.3, 0.4) is 0 Å². The summed E-state index contributed by atoms with van der Waals surface area (Å²) in [5.41, 5.74) is 1.81. The lowest BCUT2D eigenvalue weighted by atomic mass is 10.1. The van der Waals surface area contributed by atoms with E-state index >= 15 is 0 Å². The van der Waals surface area contributed by atoms with Gasteiger partial charge in [0, 0.05) is 24.5 Å². The maximum absolute atomic E-state index is 12.3. The number of nitrogens with zero attached hydrogens (tertiary/aromatic N) is 2. The topological polar surface area (TPSA) is 81.8 Å². The average molecular weight is 391 g/mol. The van der Waals surface area contributed by atoms with Crippen LogP contribution >= 0.6 is 11.8 Å². The van der Waals surface area contributed by atoms with Crippen LogP contribution in [-0.2, 0) is 9.59 Å². The molecule has 0 aliphatic carbocycles. The molecule has 2 aliphatic rings. The number of anilines is 2. The van der Waals surface area contributed by atoms with Crippen molar-refractivity contribution >= 4 is 41.0 Å². The predicted molar refractivity (Wildman–Crippen MR) is 108 cm³/mol. The molecule has 3 rings (SSSR count). The summed E-state index contributed by atoms with van der Waals surface area (Å²) >= 11 is 1.62. The van der Waals surface area contributed by atoms with Crippen molar-refractivity contribution in [1.29, 1.82) is 0 Å². The predicted octanol–water partition coefficient (Wildman–Crippen LogP) is 2.29. The SMILES string of the molecule is CSCC[C@H]1NC(=O)N(CC(=O)Nc2ccc(N3CCCCC3)cc2)C1=O. The Bertz CT molecular complexity index is 689. The van der Waals surface area contributed by atoms with Gasteiger partial charge >= 0.3 is 6.03 Å². The van der Waals surface area contributed by atoms with Crippen molar-refractivity contribution in [3.05, 3.63) is 24.3 Å². The van der Waals surface area contributed by atoms with Crippen molar-refractivity contribution in [2.45, 2.75) is 31.7 Å². The molecular weight excluding hydrogens is 364 g/mol. The van der Waals surface area contributed by atoms with E-state index in [-0.39, 0.29) is 18.4 Å². The molecule has 2 fully saturated rings. The maximum Gasteiger partial charge on any atom is 0.325 e. The lowest BCUT2D eigenvalue weighted by Crippen LogP contribution is -2.38. The monoisotopic (exact) mass is 390 g/mol. The number of rotatable bonds is 7. The highest BCUT2D eigenvalue weighted by molar-refractivity contribution is 7.98. The Hall–Kier alpha value is -2.22. The smallest absolute Gasteiger partial charge is 0.325 e. The maximum atomic E-state index is 12.3. The van der Waals surface area contributed by atoms with E-state index in [9.17, 15) is 14.4 Å². The lowest BCUT2D eigenvalue weighted by Gasteiger charge is -2.28. The van der Waals surface area contributed by atoms with Crippen molar-refractivity contribution in [2.75, 3.05) is 41.9 Å². The van der Waals surface area contributed by atoms with Gasteiger partial charge in [0.05, 0.1) is 0 Å². The molecule has 0 radical (unpaired) electrons. The van der Waals surface area contributed by atoms with Gasteiger partial charge in [-0.05, 0) is 62.0 Å². The molecule has 2 saturated heterocycles. The van der Waals surface area contributed by atoms with Crippen LogP contribution in [0.4, 0.5) is 16.2 Å². The number of carbonyl (C=O) groups is 3. The molecule has 0 aromatic heterocycles. The van der Waals surface area contributed by atoms with Crippen molar-refractivity contribution < 1.29 is 14.4 Å². The van der Waals surface area contributed by atoms with Gasteiger partial charge in [0.25, 0.3) is 5.91 Å². The fraction of sp³-hybridized carbons (Fsp3) is 0.526. The standard InChI is InChI=1S/C19H26N4O3S/c1-27-12-9-16-18(25)23(19(26)21-16)13-17(24)20-14-5-7-15(8-6-14)22-10-3-2-4-11-22/h5-8,16H,2-4,9-13H2,1H3,(H,20,24)(H,21,26)/t16-/m1/s1. The largest absolute Gasteiger partial charge is 0.372 e. The molecule has 0 spiro atoms. The van der Waals surface area contributed by atoms with Crippen molar-refractivity contribution in [3.63, 3.8) is 0 Å². The highest BCUT2D eigenvalue weighted by atomic mass is 32.2. The number of hydrogen-bond acceptors (Lipinski definition) is 5. The number of amides is 4. The normalized spacial score (nSPS) is 20.0. The van der Waals surface area contributed by atoms with E-state index in [4.69, 9.17) is 0 Å². The Morgan fingerprint density at radius 3 is 2.56 bits per heavy atom. The van der Waals surface area contributed by atoms with E-state index in [1.807, 2.05) is 30.5 Å². The molecule has 4 amide bonds. The van der Waals surface area contributed by atoms with Crippen molar-refractivity contribution in [3.8, 4) is 0 Å². The highest BCUT2D eigenvalue weighted by Gasteiger charge is 2.38. The van der Waals surface area contributed by atoms with Gasteiger partial charge in [-0.1, -0.05) is 0 Å². The van der Waals surface area contributed by atoms with Gasteiger partial charge < -0.3 is 15.5 Å². The molecule has 1 aromatic rings. The zero-order valence-electron chi connectivity index (χ0n) is 15.6. The summed E-state index contributed by atoms with van der Waals surface area (Å²) in [6, 6.07) is 6.67. The minimum Gasteiger partial charge on any atom is -0.372 e. The first-order valence-electron chi connectivity index (χ1n) is 9.34. The van der Waals surface area contributed by atoms with E-state index in [1.165, 1.54) is 19.3 Å². The molecular formula is C19H26N4O3S. The summed E-state index contributed by atoms with van der Waals surface area (Å²) in [7, 11) is 0. The van der Waals surface area contributed by atoms with Gasteiger partial charge in [0.1, 0.15) is 12.6 Å². The molecule has 0 unspecified atom stereocenters. The first-order chi connectivity index (χ1) is 13.1. The molecule has 0 saturated carbocycles. The molecule has 8 heteroatoms. The molecule has 7 nitrogen and oxygen atoms in total. The summed E-state index contributed by atoms with van der Waals surface area (Å²) in [6.07, 6.45) is 6.22. The summed E-state index contributed by atoms with van der Waals surface area (Å²) in [5.74, 6) is 0.0690. The Balaban J connectivity index is 1.53. The van der Waals surface area contributed by atoms with Crippen molar-refractivity contribution in [1.82, 2.24) is 10.2 Å². The van der Waals surface area contributed by atoms with E-state index < -0.39 is 12.1 Å². The average Bonchev–Trinajstić information content (AvgIpc) is 2.95. The minimum absolute atomic E-state index is 0.270. The highest BCUT2D eigenvalue weighted by Crippen LogP contribution is 2.22. The second-order valence-corrected chi connectivity index (χ2v) is 7.84. The molecule has 1 aromatic carbocycles. The zero-order valence-corrected chi connectivity index (χ0v) is 16.4. The molecule has 146 valence electrons. The van der Waals surface area contributed by atoms with E-state index in [0.29, 0.717) is 12.1 Å². The third kappa shape index (κ3) is 4.94. The van der Waals surface area contributed by atoms with Crippen LogP contribution in [0.25, 0.3) is 0 Å². The molecule has 2 heterocycles. The fourth-order valence-electron chi connectivity index (χ4n) is 3.41. The number of piperidine rings is 1. The number of urea groups is 1. The molecule has 27 heavy (non-hydrogen) atoms. The summed E-state index contributed by atoms with van der Waals surface area (Å²) in [4.78, 5) is 39.8. The minimum atomic E-state index is -0.526. The Labute approximate surface area is 163 Å². The van der Waals surface area contributed by atoms with E-state index in [1.54, 1.807) is 11.8 Å². The molecule has 1 atom stereocenters. The van der Waals surface area contributed by atoms with Crippen LogP contribution in [0.1, 0.15) is 25.7 Å².